The van der Waals surface area contributed by atoms with Crippen LogP contribution in [0.25, 0.3) is 0 Å². The van der Waals surface area contributed by atoms with Gasteiger partial charge in [-0.25, -0.2) is 0 Å². The van der Waals surface area contributed by atoms with E-state index < -0.39 is 12.2 Å². The molecule has 1 aliphatic carbocycles. The maximum atomic E-state index is 12.9. The number of hydrogen-bond acceptors (Lipinski definition) is 2. The van der Waals surface area contributed by atoms with Crippen molar-refractivity contribution in [2.75, 3.05) is 26.2 Å². The molecule has 2 aliphatic rings. The molecule has 1 atom stereocenters. The molecule has 1 heterocycles. The van der Waals surface area contributed by atoms with Gasteiger partial charge in [0.25, 0.3) is 0 Å². The fourth-order valence-corrected chi connectivity index (χ4v) is 2.49. The third kappa shape index (κ3) is 2.45. The van der Waals surface area contributed by atoms with E-state index in [4.69, 9.17) is 0 Å². The van der Waals surface area contributed by atoms with Crippen LogP contribution >= 0.6 is 0 Å². The number of rotatable bonds is 2. The summed E-state index contributed by atoms with van der Waals surface area (Å²) in [5.41, 5.74) is 0. The van der Waals surface area contributed by atoms with E-state index in [0.717, 1.165) is 19.3 Å². The van der Waals surface area contributed by atoms with E-state index in [1.165, 1.54) is 0 Å². The molecule has 2 fully saturated rings. The van der Waals surface area contributed by atoms with Crippen molar-refractivity contribution in [1.82, 2.24) is 10.2 Å². The molecule has 5 heteroatoms. The molecule has 0 radical (unpaired) electrons. The van der Waals surface area contributed by atoms with Crippen LogP contribution in [0.2, 0.25) is 0 Å². The Kier molecular flexibility index (Phi) is 3.21. The van der Waals surface area contributed by atoms with Crippen molar-refractivity contribution in [3.05, 3.63) is 0 Å². The minimum absolute atomic E-state index is 0.150. The lowest BCUT2D eigenvalue weighted by molar-refractivity contribution is -0.206. The quantitative estimate of drug-likeness (QED) is 0.763. The molecule has 1 saturated carbocycles. The number of piperazine rings is 1. The van der Waals surface area contributed by atoms with E-state index >= 15 is 0 Å². The minimum Gasteiger partial charge on any atom is -0.314 e. The lowest BCUT2D eigenvalue weighted by atomic mass is 9.78. The predicted molar refractivity (Wildman–Crippen MR) is 51.6 cm³/mol. The number of alkyl halides is 3. The fourth-order valence-electron chi connectivity index (χ4n) is 2.49. The zero-order valence-electron chi connectivity index (χ0n) is 8.69. The van der Waals surface area contributed by atoms with Gasteiger partial charge in [-0.05, 0) is 18.8 Å². The summed E-state index contributed by atoms with van der Waals surface area (Å²) >= 11 is 0. The zero-order chi connectivity index (χ0) is 10.9. The Morgan fingerprint density at radius 1 is 1.13 bits per heavy atom. The number of hydrogen-bond donors (Lipinski definition) is 1. The lowest BCUT2D eigenvalue weighted by Crippen LogP contribution is -2.57. The summed E-state index contributed by atoms with van der Waals surface area (Å²) < 4.78 is 38.7. The number of nitrogens with zero attached hydrogens (tertiary/aromatic N) is 1. The Bertz CT molecular complexity index is 207. The van der Waals surface area contributed by atoms with Crippen molar-refractivity contribution >= 4 is 0 Å². The topological polar surface area (TPSA) is 15.3 Å². The van der Waals surface area contributed by atoms with Crippen LogP contribution < -0.4 is 5.32 Å². The molecular weight excluding hydrogens is 205 g/mol. The van der Waals surface area contributed by atoms with Crippen molar-refractivity contribution in [2.24, 2.45) is 5.92 Å². The number of nitrogens with one attached hydrogen (secondary N) is 1. The summed E-state index contributed by atoms with van der Waals surface area (Å²) in [6.45, 7) is 2.42. The maximum Gasteiger partial charge on any atom is 0.404 e. The van der Waals surface area contributed by atoms with E-state index in [1.807, 2.05) is 0 Å². The van der Waals surface area contributed by atoms with Crippen LogP contribution in [-0.4, -0.2) is 43.3 Å². The van der Waals surface area contributed by atoms with Crippen molar-refractivity contribution in [1.29, 1.82) is 0 Å². The highest BCUT2D eigenvalue weighted by atomic mass is 19.4. The molecule has 0 aromatic carbocycles. The molecule has 1 N–H and O–H groups in total. The summed E-state index contributed by atoms with van der Waals surface area (Å²) in [5.74, 6) is -0.150. The van der Waals surface area contributed by atoms with Crippen molar-refractivity contribution in [2.45, 2.75) is 31.5 Å². The van der Waals surface area contributed by atoms with Gasteiger partial charge in [0, 0.05) is 26.2 Å². The van der Waals surface area contributed by atoms with Crippen LogP contribution in [-0.2, 0) is 0 Å². The Labute approximate surface area is 87.8 Å². The molecule has 1 aliphatic heterocycles. The van der Waals surface area contributed by atoms with Gasteiger partial charge in [0.1, 0.15) is 6.04 Å². The molecule has 2 nitrogen and oxygen atoms in total. The van der Waals surface area contributed by atoms with Crippen molar-refractivity contribution in [3.8, 4) is 0 Å². The zero-order valence-corrected chi connectivity index (χ0v) is 8.69. The molecule has 0 amide bonds. The van der Waals surface area contributed by atoms with Gasteiger partial charge in [-0.3, -0.25) is 4.90 Å². The molecule has 2 rings (SSSR count). The molecule has 0 unspecified atom stereocenters. The van der Waals surface area contributed by atoms with E-state index in [9.17, 15) is 13.2 Å². The Morgan fingerprint density at radius 3 is 2.13 bits per heavy atom. The Hall–Kier alpha value is -0.290. The molecule has 0 aromatic rings. The van der Waals surface area contributed by atoms with Gasteiger partial charge in [-0.1, -0.05) is 6.42 Å². The van der Waals surface area contributed by atoms with Crippen LogP contribution in [0.5, 0.6) is 0 Å². The first-order chi connectivity index (χ1) is 7.09. The molecule has 0 bridgehead atoms. The van der Waals surface area contributed by atoms with E-state index in [-0.39, 0.29) is 5.92 Å². The lowest BCUT2D eigenvalue weighted by Gasteiger charge is -2.43. The van der Waals surface area contributed by atoms with Crippen LogP contribution in [0, 0.1) is 5.92 Å². The molecule has 15 heavy (non-hydrogen) atoms. The maximum absolute atomic E-state index is 12.9. The second kappa shape index (κ2) is 4.29. The van der Waals surface area contributed by atoms with Crippen molar-refractivity contribution in [3.63, 3.8) is 0 Å². The van der Waals surface area contributed by atoms with Crippen LogP contribution in [0.1, 0.15) is 19.3 Å². The highest BCUT2D eigenvalue weighted by Crippen LogP contribution is 2.40. The first-order valence-corrected chi connectivity index (χ1v) is 5.60. The van der Waals surface area contributed by atoms with Gasteiger partial charge >= 0.3 is 6.18 Å². The third-order valence-corrected chi connectivity index (χ3v) is 3.48. The Balaban J connectivity index is 2.03. The molecular formula is C10H17F3N2. The Morgan fingerprint density at radius 2 is 1.73 bits per heavy atom. The highest BCUT2D eigenvalue weighted by molar-refractivity contribution is 4.91. The average Bonchev–Trinajstić information content (AvgIpc) is 2.10. The molecule has 0 spiro atoms. The second-order valence-corrected chi connectivity index (χ2v) is 4.46. The molecule has 1 saturated heterocycles. The standard InChI is InChI=1S/C10H17F3N2/c11-10(12,13)9(8-2-1-3-8)15-6-4-14-5-7-15/h8-9,14H,1-7H2/t9-/m0/s1. The van der Waals surface area contributed by atoms with Gasteiger partial charge in [0.2, 0.25) is 0 Å². The first kappa shape index (κ1) is 11.2. The summed E-state index contributed by atoms with van der Waals surface area (Å²) in [7, 11) is 0. The van der Waals surface area contributed by atoms with Gasteiger partial charge in [-0.15, -0.1) is 0 Å². The van der Waals surface area contributed by atoms with E-state index in [2.05, 4.69) is 5.32 Å². The number of halogens is 3. The average molecular weight is 222 g/mol. The van der Waals surface area contributed by atoms with Crippen LogP contribution in [0.4, 0.5) is 13.2 Å². The second-order valence-electron chi connectivity index (χ2n) is 4.46. The fraction of sp³-hybridized carbons (Fsp3) is 1.00. The molecule has 88 valence electrons. The summed E-state index contributed by atoms with van der Waals surface area (Å²) in [4.78, 5) is 1.61. The van der Waals surface area contributed by atoms with Gasteiger partial charge in [0.05, 0.1) is 0 Å². The summed E-state index contributed by atoms with van der Waals surface area (Å²) in [5, 5.41) is 3.09. The minimum atomic E-state index is -4.05. The third-order valence-electron chi connectivity index (χ3n) is 3.48. The summed E-state index contributed by atoms with van der Waals surface area (Å²) in [6.07, 6.45) is -1.60. The largest absolute Gasteiger partial charge is 0.404 e. The predicted octanol–water partition coefficient (Wildman–Crippen LogP) is 1.62. The highest BCUT2D eigenvalue weighted by Gasteiger charge is 2.49. The SMILES string of the molecule is FC(F)(F)[C@H](C1CCC1)N1CCNCC1. The van der Waals surface area contributed by atoms with E-state index in [1.54, 1.807) is 4.90 Å². The normalized spacial score (nSPS) is 27.4. The first-order valence-electron chi connectivity index (χ1n) is 5.60. The monoisotopic (exact) mass is 222 g/mol. The van der Waals surface area contributed by atoms with Crippen LogP contribution in [0.3, 0.4) is 0 Å². The van der Waals surface area contributed by atoms with Gasteiger partial charge in [-0.2, -0.15) is 13.2 Å². The van der Waals surface area contributed by atoms with Gasteiger partial charge < -0.3 is 5.32 Å². The molecule has 0 aromatic heterocycles. The van der Waals surface area contributed by atoms with Crippen molar-refractivity contribution < 1.29 is 13.2 Å². The van der Waals surface area contributed by atoms with Gasteiger partial charge in [0.15, 0.2) is 0 Å². The van der Waals surface area contributed by atoms with E-state index in [0.29, 0.717) is 26.2 Å². The van der Waals surface area contributed by atoms with Crippen LogP contribution in [0.15, 0.2) is 0 Å². The summed E-state index contributed by atoms with van der Waals surface area (Å²) in [6, 6.07) is -1.19. The smallest absolute Gasteiger partial charge is 0.314 e.